The fraction of sp³-hybridized carbons (Fsp3) is 0.0938. The van der Waals surface area contributed by atoms with Crippen molar-refractivity contribution < 1.29 is 0 Å². The van der Waals surface area contributed by atoms with Gasteiger partial charge in [-0.25, -0.2) is 9.97 Å². The molecule has 0 unspecified atom stereocenters. The Kier molecular flexibility index (Phi) is 5.20. The van der Waals surface area contributed by atoms with Crippen molar-refractivity contribution in [2.24, 2.45) is 0 Å². The highest BCUT2D eigenvalue weighted by atomic mass is 14.8. The van der Waals surface area contributed by atoms with Crippen molar-refractivity contribution >= 4 is 0 Å². The van der Waals surface area contributed by atoms with Crippen molar-refractivity contribution in [3.63, 3.8) is 0 Å². The summed E-state index contributed by atoms with van der Waals surface area (Å²) in [7, 11) is 0. The lowest BCUT2D eigenvalue weighted by atomic mass is 9.82. The van der Waals surface area contributed by atoms with Crippen LogP contribution in [0, 0.1) is 18.3 Å². The molecule has 6 rings (SSSR count). The van der Waals surface area contributed by atoms with E-state index in [-0.39, 0.29) is 0 Å². The van der Waals surface area contributed by atoms with Gasteiger partial charge in [-0.2, -0.15) is 5.26 Å². The van der Waals surface area contributed by atoms with Crippen LogP contribution in [0.4, 0.5) is 0 Å². The molecule has 0 saturated heterocycles. The molecule has 2 heterocycles. The van der Waals surface area contributed by atoms with Gasteiger partial charge in [-0.15, -0.1) is 0 Å². The lowest BCUT2D eigenvalue weighted by Gasteiger charge is -2.26. The fourth-order valence-electron chi connectivity index (χ4n) is 5.14. The van der Waals surface area contributed by atoms with Gasteiger partial charge in [0, 0.05) is 11.1 Å². The van der Waals surface area contributed by atoms with E-state index in [9.17, 15) is 5.26 Å². The molecule has 1 aliphatic rings. The Morgan fingerprint density at radius 2 is 1.20 bits per heavy atom. The van der Waals surface area contributed by atoms with Gasteiger partial charge in [0.1, 0.15) is 6.07 Å². The first-order valence-corrected chi connectivity index (χ1v) is 11.9. The molecule has 2 aromatic heterocycles. The highest BCUT2D eigenvalue weighted by Gasteiger charge is 2.28. The van der Waals surface area contributed by atoms with Crippen LogP contribution in [-0.2, 0) is 12.8 Å². The second-order valence-corrected chi connectivity index (χ2v) is 8.87. The molecule has 0 N–H and O–H groups in total. The van der Waals surface area contributed by atoms with Crippen LogP contribution in [0.5, 0.6) is 0 Å². The third-order valence-electron chi connectivity index (χ3n) is 6.78. The lowest BCUT2D eigenvalue weighted by molar-refractivity contribution is 0.910. The van der Waals surface area contributed by atoms with Crippen LogP contribution in [0.25, 0.3) is 44.9 Å². The summed E-state index contributed by atoms with van der Waals surface area (Å²) in [5.41, 5.74) is 12.0. The standard InChI is InChI=1S/C32H23N3/c1-21-28(20-33)30(24-15-9-4-10-16-24)26-18-17-25-27(22-11-5-2-6-12-22)19-29(23-13-7-3-8-14-23)35-31(25)32(26)34-21/h2-16,19H,17-18H2,1H3. The zero-order valence-electron chi connectivity index (χ0n) is 19.5. The SMILES string of the molecule is Cc1nc2c(c(-c3ccccc3)c1C#N)CCc1c(-c3ccccc3)cc(-c3ccccc3)nc1-2. The van der Waals surface area contributed by atoms with E-state index in [2.05, 4.69) is 60.7 Å². The molecule has 1 aliphatic carbocycles. The van der Waals surface area contributed by atoms with Crippen molar-refractivity contribution in [3.05, 3.63) is 119 Å². The average molecular weight is 450 g/mol. The smallest absolute Gasteiger partial charge is 0.102 e. The Bertz CT molecular complexity index is 1580. The van der Waals surface area contributed by atoms with Gasteiger partial charge in [0.2, 0.25) is 0 Å². The molecular weight excluding hydrogens is 426 g/mol. The fourth-order valence-corrected chi connectivity index (χ4v) is 5.14. The first-order valence-electron chi connectivity index (χ1n) is 11.9. The van der Waals surface area contributed by atoms with E-state index in [0.717, 1.165) is 57.9 Å². The van der Waals surface area contributed by atoms with E-state index >= 15 is 0 Å². The largest absolute Gasteiger partial charge is 0.250 e. The molecule has 0 aliphatic heterocycles. The third kappa shape index (κ3) is 3.61. The number of nitriles is 1. The highest BCUT2D eigenvalue weighted by molar-refractivity contribution is 5.87. The molecule has 3 nitrogen and oxygen atoms in total. The summed E-state index contributed by atoms with van der Waals surface area (Å²) in [6.45, 7) is 1.93. The molecule has 0 spiro atoms. The van der Waals surface area contributed by atoms with Gasteiger partial charge >= 0.3 is 0 Å². The topological polar surface area (TPSA) is 49.6 Å². The maximum absolute atomic E-state index is 10.0. The summed E-state index contributed by atoms with van der Waals surface area (Å²) in [6.07, 6.45) is 1.67. The van der Waals surface area contributed by atoms with Crippen LogP contribution in [0.1, 0.15) is 22.4 Å². The van der Waals surface area contributed by atoms with Gasteiger partial charge in [0.15, 0.2) is 0 Å². The Hall–Kier alpha value is -4.55. The van der Waals surface area contributed by atoms with Crippen LogP contribution >= 0.6 is 0 Å². The number of aromatic nitrogens is 2. The van der Waals surface area contributed by atoms with E-state index in [1.807, 2.05) is 49.4 Å². The van der Waals surface area contributed by atoms with Gasteiger partial charge in [0.25, 0.3) is 0 Å². The summed E-state index contributed by atoms with van der Waals surface area (Å²) in [5.74, 6) is 0. The van der Waals surface area contributed by atoms with Crippen molar-refractivity contribution in [3.8, 4) is 51.0 Å². The molecule has 5 aromatic rings. The van der Waals surface area contributed by atoms with Crippen molar-refractivity contribution in [2.75, 3.05) is 0 Å². The molecule has 0 bridgehead atoms. The monoisotopic (exact) mass is 449 g/mol. The first kappa shape index (κ1) is 21.0. The molecule has 166 valence electrons. The Morgan fingerprint density at radius 3 is 1.83 bits per heavy atom. The highest BCUT2D eigenvalue weighted by Crippen LogP contribution is 2.43. The number of nitrogens with zero attached hydrogens (tertiary/aromatic N) is 3. The van der Waals surface area contributed by atoms with Gasteiger partial charge in [0.05, 0.1) is 28.3 Å². The zero-order valence-corrected chi connectivity index (χ0v) is 19.5. The van der Waals surface area contributed by atoms with Gasteiger partial charge in [-0.1, -0.05) is 91.0 Å². The minimum absolute atomic E-state index is 0.654. The number of hydrogen-bond acceptors (Lipinski definition) is 3. The van der Waals surface area contributed by atoms with E-state index in [1.165, 1.54) is 16.7 Å². The number of rotatable bonds is 3. The van der Waals surface area contributed by atoms with Crippen LogP contribution in [0.15, 0.2) is 97.1 Å². The van der Waals surface area contributed by atoms with E-state index in [1.54, 1.807) is 0 Å². The summed E-state index contributed by atoms with van der Waals surface area (Å²) in [5, 5.41) is 10.0. The van der Waals surface area contributed by atoms with Gasteiger partial charge < -0.3 is 0 Å². The van der Waals surface area contributed by atoms with Gasteiger partial charge in [-0.05, 0) is 53.6 Å². The molecule has 0 atom stereocenters. The second-order valence-electron chi connectivity index (χ2n) is 8.87. The Labute approximate surface area is 205 Å². The molecule has 35 heavy (non-hydrogen) atoms. The lowest BCUT2D eigenvalue weighted by Crippen LogP contribution is -2.13. The summed E-state index contributed by atoms with van der Waals surface area (Å²) in [6, 6.07) is 35.7. The molecule has 0 fully saturated rings. The number of benzene rings is 3. The molecular formula is C32H23N3. The van der Waals surface area contributed by atoms with Crippen molar-refractivity contribution in [2.45, 2.75) is 19.8 Å². The summed E-state index contributed by atoms with van der Waals surface area (Å²) in [4.78, 5) is 10.2. The van der Waals surface area contributed by atoms with Crippen molar-refractivity contribution in [1.82, 2.24) is 9.97 Å². The van der Waals surface area contributed by atoms with Gasteiger partial charge in [-0.3, -0.25) is 0 Å². The molecule has 0 saturated carbocycles. The van der Waals surface area contributed by atoms with Crippen LogP contribution in [-0.4, -0.2) is 9.97 Å². The Balaban J connectivity index is 1.68. The molecule has 3 aromatic carbocycles. The average Bonchev–Trinajstić information content (AvgIpc) is 2.93. The summed E-state index contributed by atoms with van der Waals surface area (Å²) >= 11 is 0. The molecule has 3 heteroatoms. The predicted octanol–water partition coefficient (Wildman–Crippen LogP) is 7.42. The second kappa shape index (κ2) is 8.66. The molecule has 0 radical (unpaired) electrons. The first-order chi connectivity index (χ1) is 17.2. The Morgan fingerprint density at radius 1 is 0.657 bits per heavy atom. The zero-order chi connectivity index (χ0) is 23.8. The number of aryl methyl sites for hydroxylation is 1. The van der Waals surface area contributed by atoms with Crippen molar-refractivity contribution in [1.29, 1.82) is 5.26 Å². The van der Waals surface area contributed by atoms with E-state index in [4.69, 9.17) is 9.97 Å². The van der Waals surface area contributed by atoms with Crippen LogP contribution < -0.4 is 0 Å². The molecule has 0 amide bonds. The third-order valence-corrected chi connectivity index (χ3v) is 6.78. The normalized spacial score (nSPS) is 11.9. The van der Waals surface area contributed by atoms with E-state index < -0.39 is 0 Å². The quantitative estimate of drug-likeness (QED) is 0.288. The maximum Gasteiger partial charge on any atom is 0.102 e. The maximum atomic E-state index is 10.0. The van der Waals surface area contributed by atoms with Crippen LogP contribution in [0.2, 0.25) is 0 Å². The minimum Gasteiger partial charge on any atom is -0.250 e. The van der Waals surface area contributed by atoms with Crippen LogP contribution in [0.3, 0.4) is 0 Å². The summed E-state index contributed by atoms with van der Waals surface area (Å²) < 4.78 is 0. The minimum atomic E-state index is 0.654. The predicted molar refractivity (Wildman–Crippen MR) is 141 cm³/mol. The number of fused-ring (bicyclic) bond motifs is 3. The van der Waals surface area contributed by atoms with E-state index in [0.29, 0.717) is 5.56 Å². The number of pyridine rings is 2. The number of hydrogen-bond donors (Lipinski definition) is 0.